The number of fused-ring (bicyclic) bond motifs is 1. The molecule has 1 amide bonds. The highest BCUT2D eigenvalue weighted by Gasteiger charge is 2.32. The smallest absolute Gasteiger partial charge is 0.245 e. The molecule has 1 aromatic heterocycles. The van der Waals surface area contributed by atoms with E-state index in [0.29, 0.717) is 32.7 Å². The van der Waals surface area contributed by atoms with Crippen LogP contribution in [0.1, 0.15) is 24.6 Å². The lowest BCUT2D eigenvalue weighted by molar-refractivity contribution is -0.137. The largest absolute Gasteiger partial charge is 0.383 e. The second kappa shape index (κ2) is 5.45. The maximum absolute atomic E-state index is 12.2. The number of methoxy groups -OCH3 is 1. The molecule has 0 saturated heterocycles. The highest BCUT2D eigenvalue weighted by atomic mass is 16.5. The summed E-state index contributed by atoms with van der Waals surface area (Å²) in [5.74, 6) is 1.69. The van der Waals surface area contributed by atoms with E-state index in [1.54, 1.807) is 12.0 Å². The lowest BCUT2D eigenvalue weighted by Crippen LogP contribution is -2.43. The number of nitrogens with zero attached hydrogens (tertiary/aromatic N) is 4. The molecule has 0 unspecified atom stereocenters. The average molecular weight is 253 g/mol. The zero-order valence-electron chi connectivity index (χ0n) is 10.8. The monoisotopic (exact) mass is 253 g/mol. The fourth-order valence-corrected chi connectivity index (χ4v) is 2.23. The van der Waals surface area contributed by atoms with Gasteiger partial charge in [0.25, 0.3) is 0 Å². The summed E-state index contributed by atoms with van der Waals surface area (Å²) >= 11 is 0. The molecule has 1 atom stereocenters. The van der Waals surface area contributed by atoms with E-state index in [2.05, 4.69) is 10.2 Å². The molecule has 0 radical (unpaired) electrons. The van der Waals surface area contributed by atoms with Crippen LogP contribution in [0.5, 0.6) is 0 Å². The van der Waals surface area contributed by atoms with Gasteiger partial charge in [-0.3, -0.25) is 4.79 Å². The van der Waals surface area contributed by atoms with Crippen LogP contribution in [0.4, 0.5) is 0 Å². The zero-order chi connectivity index (χ0) is 13.1. The standard InChI is InChI=1S/C11H19N5O2/c1-8-11(17)15(5-6-18-2)7-10-14-13-9(3-4-12)16(8)10/h8H,3-7,12H2,1-2H3/t8-/m0/s1. The van der Waals surface area contributed by atoms with Gasteiger partial charge >= 0.3 is 0 Å². The number of hydrogen-bond acceptors (Lipinski definition) is 5. The minimum absolute atomic E-state index is 0.0811. The molecule has 2 N–H and O–H groups in total. The van der Waals surface area contributed by atoms with Gasteiger partial charge in [0.2, 0.25) is 5.91 Å². The fourth-order valence-electron chi connectivity index (χ4n) is 2.23. The minimum Gasteiger partial charge on any atom is -0.383 e. The van der Waals surface area contributed by atoms with Crippen LogP contribution in [0.25, 0.3) is 0 Å². The van der Waals surface area contributed by atoms with Gasteiger partial charge in [-0.05, 0) is 13.5 Å². The van der Waals surface area contributed by atoms with Gasteiger partial charge in [0.05, 0.1) is 13.2 Å². The molecule has 18 heavy (non-hydrogen) atoms. The molecular weight excluding hydrogens is 234 g/mol. The third kappa shape index (κ3) is 2.23. The summed E-state index contributed by atoms with van der Waals surface area (Å²) in [6.07, 6.45) is 0.642. The molecule has 0 saturated carbocycles. The first-order valence-electron chi connectivity index (χ1n) is 6.09. The van der Waals surface area contributed by atoms with E-state index >= 15 is 0 Å². The molecule has 100 valence electrons. The second-order valence-corrected chi connectivity index (χ2v) is 4.37. The molecule has 1 aromatic rings. The number of carbonyl (C=O) groups excluding carboxylic acids is 1. The summed E-state index contributed by atoms with van der Waals surface area (Å²) in [5.41, 5.74) is 5.53. The van der Waals surface area contributed by atoms with E-state index in [9.17, 15) is 4.79 Å². The van der Waals surface area contributed by atoms with Crippen molar-refractivity contribution < 1.29 is 9.53 Å². The van der Waals surface area contributed by atoms with Crippen molar-refractivity contribution in [2.75, 3.05) is 26.8 Å². The van der Waals surface area contributed by atoms with Crippen molar-refractivity contribution in [1.82, 2.24) is 19.7 Å². The lowest BCUT2D eigenvalue weighted by Gasteiger charge is -2.31. The van der Waals surface area contributed by atoms with Crippen LogP contribution >= 0.6 is 0 Å². The maximum Gasteiger partial charge on any atom is 0.245 e. The molecule has 1 aliphatic rings. The first kappa shape index (κ1) is 13.0. The Morgan fingerprint density at radius 3 is 2.94 bits per heavy atom. The second-order valence-electron chi connectivity index (χ2n) is 4.37. The van der Waals surface area contributed by atoms with Crippen LogP contribution < -0.4 is 5.73 Å². The third-order valence-corrected chi connectivity index (χ3v) is 3.16. The summed E-state index contributed by atoms with van der Waals surface area (Å²) in [6.45, 7) is 3.98. The van der Waals surface area contributed by atoms with Gasteiger partial charge in [-0.2, -0.15) is 0 Å². The Kier molecular flexibility index (Phi) is 3.93. The Morgan fingerprint density at radius 2 is 2.28 bits per heavy atom. The summed E-state index contributed by atoms with van der Waals surface area (Å²) in [4.78, 5) is 14.0. The van der Waals surface area contributed by atoms with Gasteiger partial charge in [-0.15, -0.1) is 10.2 Å². The van der Waals surface area contributed by atoms with Crippen LogP contribution in [0.2, 0.25) is 0 Å². The van der Waals surface area contributed by atoms with Gasteiger partial charge < -0.3 is 19.9 Å². The molecule has 0 bridgehead atoms. The SMILES string of the molecule is COCCN1Cc2nnc(CCN)n2[C@@H](C)C1=O. The highest BCUT2D eigenvalue weighted by Crippen LogP contribution is 2.22. The van der Waals surface area contributed by atoms with Crippen molar-refractivity contribution in [3.8, 4) is 0 Å². The first-order valence-corrected chi connectivity index (χ1v) is 6.09. The normalized spacial score (nSPS) is 19.2. The number of rotatable bonds is 5. The van der Waals surface area contributed by atoms with E-state index in [1.165, 1.54) is 0 Å². The Morgan fingerprint density at radius 1 is 1.50 bits per heavy atom. The molecule has 2 rings (SSSR count). The van der Waals surface area contributed by atoms with Gasteiger partial charge in [-0.25, -0.2) is 0 Å². The number of ether oxygens (including phenoxy) is 1. The number of nitrogens with two attached hydrogens (primary N) is 1. The van der Waals surface area contributed by atoms with E-state index in [1.807, 2.05) is 11.5 Å². The topological polar surface area (TPSA) is 86.3 Å². The Hall–Kier alpha value is -1.47. The molecule has 1 aliphatic heterocycles. The van der Waals surface area contributed by atoms with E-state index in [-0.39, 0.29) is 11.9 Å². The zero-order valence-corrected chi connectivity index (χ0v) is 10.8. The average Bonchev–Trinajstić information content (AvgIpc) is 2.76. The van der Waals surface area contributed by atoms with Crippen molar-refractivity contribution in [2.24, 2.45) is 5.73 Å². The minimum atomic E-state index is -0.262. The highest BCUT2D eigenvalue weighted by molar-refractivity contribution is 5.81. The Bertz CT molecular complexity index is 431. The molecule has 0 fully saturated rings. The van der Waals surface area contributed by atoms with Gasteiger partial charge in [0, 0.05) is 20.1 Å². The molecule has 2 heterocycles. The van der Waals surface area contributed by atoms with Crippen LogP contribution in [-0.4, -0.2) is 52.4 Å². The van der Waals surface area contributed by atoms with Gasteiger partial charge in [-0.1, -0.05) is 0 Å². The van der Waals surface area contributed by atoms with E-state index in [4.69, 9.17) is 10.5 Å². The molecule has 0 spiro atoms. The van der Waals surface area contributed by atoms with Crippen LogP contribution in [-0.2, 0) is 22.5 Å². The Balaban J connectivity index is 2.22. The van der Waals surface area contributed by atoms with Crippen LogP contribution in [0, 0.1) is 0 Å². The fraction of sp³-hybridized carbons (Fsp3) is 0.727. The predicted octanol–water partition coefficient (Wildman–Crippen LogP) is -0.671. The summed E-state index contributed by atoms with van der Waals surface area (Å²) in [6, 6.07) is -0.262. The number of amides is 1. The van der Waals surface area contributed by atoms with Crippen molar-refractivity contribution in [3.63, 3.8) is 0 Å². The molecule has 0 aromatic carbocycles. The lowest BCUT2D eigenvalue weighted by atomic mass is 10.2. The number of aromatic nitrogens is 3. The molecule has 7 heteroatoms. The molecule has 0 aliphatic carbocycles. The van der Waals surface area contributed by atoms with E-state index in [0.717, 1.165) is 11.6 Å². The van der Waals surface area contributed by atoms with Crippen molar-refractivity contribution in [1.29, 1.82) is 0 Å². The van der Waals surface area contributed by atoms with Crippen molar-refractivity contribution in [2.45, 2.75) is 25.9 Å². The Labute approximate surface area is 106 Å². The van der Waals surface area contributed by atoms with Gasteiger partial charge in [0.1, 0.15) is 11.9 Å². The first-order chi connectivity index (χ1) is 8.69. The molecular formula is C11H19N5O2. The van der Waals surface area contributed by atoms with Crippen LogP contribution in [0.3, 0.4) is 0 Å². The summed E-state index contributed by atoms with van der Waals surface area (Å²) in [7, 11) is 1.62. The van der Waals surface area contributed by atoms with Crippen LogP contribution in [0.15, 0.2) is 0 Å². The molecule has 7 nitrogen and oxygen atoms in total. The number of carbonyl (C=O) groups is 1. The van der Waals surface area contributed by atoms with Gasteiger partial charge in [0.15, 0.2) is 5.82 Å². The summed E-state index contributed by atoms with van der Waals surface area (Å²) < 4.78 is 6.91. The predicted molar refractivity (Wildman–Crippen MR) is 64.8 cm³/mol. The van der Waals surface area contributed by atoms with Crippen molar-refractivity contribution >= 4 is 5.91 Å². The van der Waals surface area contributed by atoms with E-state index < -0.39 is 0 Å². The summed E-state index contributed by atoms with van der Waals surface area (Å²) in [5, 5.41) is 8.25. The van der Waals surface area contributed by atoms with Crippen molar-refractivity contribution in [3.05, 3.63) is 11.6 Å². The quantitative estimate of drug-likeness (QED) is 0.752. The maximum atomic E-state index is 12.2. The third-order valence-electron chi connectivity index (χ3n) is 3.16. The number of hydrogen-bond donors (Lipinski definition) is 1.